The summed E-state index contributed by atoms with van der Waals surface area (Å²) < 4.78 is 5.53. The van der Waals surface area contributed by atoms with E-state index in [0.29, 0.717) is 12.1 Å². The van der Waals surface area contributed by atoms with Crippen LogP contribution in [0.1, 0.15) is 19.4 Å². The summed E-state index contributed by atoms with van der Waals surface area (Å²) in [5, 5.41) is 0. The molecule has 1 aromatic rings. The van der Waals surface area contributed by atoms with E-state index in [4.69, 9.17) is 10.5 Å². The molecule has 0 amide bonds. The Balaban J connectivity index is 2.37. The molecule has 1 aliphatic heterocycles. The van der Waals surface area contributed by atoms with Gasteiger partial charge in [0.05, 0.1) is 24.6 Å². The summed E-state index contributed by atoms with van der Waals surface area (Å²) in [5.41, 5.74) is 9.30. The van der Waals surface area contributed by atoms with Gasteiger partial charge in [-0.2, -0.15) is 0 Å². The van der Waals surface area contributed by atoms with Crippen molar-refractivity contribution in [1.82, 2.24) is 0 Å². The summed E-state index contributed by atoms with van der Waals surface area (Å²) in [5.74, 6) is 0. The Morgan fingerprint density at radius 2 is 1.88 bits per heavy atom. The number of hydrogen-bond acceptors (Lipinski definition) is 3. The molecule has 2 N–H and O–H groups in total. The summed E-state index contributed by atoms with van der Waals surface area (Å²) in [4.78, 5) is 2.37. The van der Waals surface area contributed by atoms with Gasteiger partial charge in [-0.05, 0) is 38.5 Å². The van der Waals surface area contributed by atoms with Gasteiger partial charge in [0.2, 0.25) is 0 Å². The Kier molecular flexibility index (Phi) is 3.06. The van der Waals surface area contributed by atoms with Crippen molar-refractivity contribution < 1.29 is 4.74 Å². The Morgan fingerprint density at radius 1 is 1.25 bits per heavy atom. The van der Waals surface area contributed by atoms with Crippen LogP contribution in [-0.2, 0) is 4.74 Å². The first-order valence-electron chi connectivity index (χ1n) is 5.82. The van der Waals surface area contributed by atoms with Crippen molar-refractivity contribution in [3.05, 3.63) is 23.8 Å². The fourth-order valence-electron chi connectivity index (χ4n) is 2.36. The molecule has 1 saturated heterocycles. The number of anilines is 2. The Labute approximate surface area is 97.2 Å². The minimum atomic E-state index is 0.382. The van der Waals surface area contributed by atoms with Gasteiger partial charge < -0.3 is 15.4 Å². The monoisotopic (exact) mass is 220 g/mol. The summed E-state index contributed by atoms with van der Waals surface area (Å²) in [6.45, 7) is 8.00. The smallest absolute Gasteiger partial charge is 0.0668 e. The summed E-state index contributed by atoms with van der Waals surface area (Å²) in [6.07, 6.45) is 0. The third-order valence-corrected chi connectivity index (χ3v) is 3.13. The standard InChI is InChI=1S/C13H20N2O/c1-9-4-5-12(14)13(6-9)15-10(2)7-16-8-11(15)3/h4-6,10-11H,7-8,14H2,1-3H3/t10-,11-/m0/s1. The van der Waals surface area contributed by atoms with E-state index >= 15 is 0 Å². The minimum Gasteiger partial charge on any atom is -0.397 e. The Morgan fingerprint density at radius 3 is 2.50 bits per heavy atom. The number of rotatable bonds is 1. The van der Waals surface area contributed by atoms with E-state index < -0.39 is 0 Å². The number of nitrogens with zero attached hydrogens (tertiary/aromatic N) is 1. The molecule has 1 aliphatic rings. The third-order valence-electron chi connectivity index (χ3n) is 3.13. The van der Waals surface area contributed by atoms with Gasteiger partial charge in [0.25, 0.3) is 0 Å². The molecule has 2 rings (SSSR count). The molecular weight excluding hydrogens is 200 g/mol. The van der Waals surface area contributed by atoms with Gasteiger partial charge in [0.15, 0.2) is 0 Å². The zero-order valence-corrected chi connectivity index (χ0v) is 10.2. The minimum absolute atomic E-state index is 0.382. The van der Waals surface area contributed by atoms with Crippen LogP contribution in [0.5, 0.6) is 0 Å². The third kappa shape index (κ3) is 2.00. The first-order chi connectivity index (χ1) is 7.59. The molecule has 16 heavy (non-hydrogen) atoms. The highest BCUT2D eigenvalue weighted by Crippen LogP contribution is 2.29. The maximum absolute atomic E-state index is 6.06. The predicted octanol–water partition coefficient (Wildman–Crippen LogP) is 2.19. The summed E-state index contributed by atoms with van der Waals surface area (Å²) >= 11 is 0. The largest absolute Gasteiger partial charge is 0.397 e. The van der Waals surface area contributed by atoms with Crippen molar-refractivity contribution >= 4 is 11.4 Å². The van der Waals surface area contributed by atoms with Crippen LogP contribution in [0.3, 0.4) is 0 Å². The number of morpholine rings is 1. The number of benzene rings is 1. The molecule has 0 unspecified atom stereocenters. The molecule has 0 radical (unpaired) electrons. The molecule has 2 atom stereocenters. The molecule has 0 saturated carbocycles. The Bertz CT molecular complexity index is 368. The molecule has 88 valence electrons. The second-order valence-corrected chi connectivity index (χ2v) is 4.71. The van der Waals surface area contributed by atoms with Crippen LogP contribution in [-0.4, -0.2) is 25.3 Å². The zero-order valence-electron chi connectivity index (χ0n) is 10.2. The number of nitrogen functional groups attached to an aromatic ring is 1. The first kappa shape index (κ1) is 11.3. The average Bonchev–Trinajstić information content (AvgIpc) is 2.23. The molecule has 1 aromatic carbocycles. The lowest BCUT2D eigenvalue weighted by Crippen LogP contribution is -2.50. The summed E-state index contributed by atoms with van der Waals surface area (Å²) in [6, 6.07) is 6.96. The highest BCUT2D eigenvalue weighted by molar-refractivity contribution is 5.69. The van der Waals surface area contributed by atoms with E-state index in [1.165, 1.54) is 5.56 Å². The quantitative estimate of drug-likeness (QED) is 0.737. The second kappa shape index (κ2) is 4.34. The number of nitrogens with two attached hydrogens (primary N) is 1. The first-order valence-corrected chi connectivity index (χ1v) is 5.82. The van der Waals surface area contributed by atoms with Crippen LogP contribution in [0.4, 0.5) is 11.4 Å². The van der Waals surface area contributed by atoms with Crippen LogP contribution >= 0.6 is 0 Å². The molecule has 0 bridgehead atoms. The van der Waals surface area contributed by atoms with Crippen molar-refractivity contribution in [3.63, 3.8) is 0 Å². The maximum Gasteiger partial charge on any atom is 0.0668 e. The highest BCUT2D eigenvalue weighted by Gasteiger charge is 2.26. The van der Waals surface area contributed by atoms with Crippen molar-refractivity contribution in [2.75, 3.05) is 23.8 Å². The van der Waals surface area contributed by atoms with E-state index in [0.717, 1.165) is 24.6 Å². The van der Waals surface area contributed by atoms with E-state index in [-0.39, 0.29) is 0 Å². The molecular formula is C13H20N2O. The molecule has 1 fully saturated rings. The molecule has 0 aliphatic carbocycles. The van der Waals surface area contributed by atoms with Crippen LogP contribution in [0, 0.1) is 6.92 Å². The predicted molar refractivity (Wildman–Crippen MR) is 67.8 cm³/mol. The van der Waals surface area contributed by atoms with E-state index in [1.807, 2.05) is 6.07 Å². The molecule has 3 nitrogen and oxygen atoms in total. The van der Waals surface area contributed by atoms with Gasteiger partial charge in [-0.1, -0.05) is 6.07 Å². The van der Waals surface area contributed by atoms with Crippen molar-refractivity contribution in [1.29, 1.82) is 0 Å². The van der Waals surface area contributed by atoms with Crippen LogP contribution in [0.2, 0.25) is 0 Å². The van der Waals surface area contributed by atoms with E-state index in [2.05, 4.69) is 37.8 Å². The zero-order chi connectivity index (χ0) is 11.7. The fraction of sp³-hybridized carbons (Fsp3) is 0.538. The van der Waals surface area contributed by atoms with Gasteiger partial charge in [0, 0.05) is 12.1 Å². The fourth-order valence-corrected chi connectivity index (χ4v) is 2.36. The van der Waals surface area contributed by atoms with Crippen LogP contribution < -0.4 is 10.6 Å². The number of aryl methyl sites for hydroxylation is 1. The van der Waals surface area contributed by atoms with Crippen molar-refractivity contribution in [2.45, 2.75) is 32.9 Å². The van der Waals surface area contributed by atoms with E-state index in [9.17, 15) is 0 Å². The van der Waals surface area contributed by atoms with Gasteiger partial charge in [-0.25, -0.2) is 0 Å². The van der Waals surface area contributed by atoms with Crippen LogP contribution in [0.15, 0.2) is 18.2 Å². The number of ether oxygens (including phenoxy) is 1. The lowest BCUT2D eigenvalue weighted by molar-refractivity contribution is 0.0757. The molecule has 0 spiro atoms. The SMILES string of the molecule is Cc1ccc(N)c(N2[C@@H](C)COC[C@@H]2C)c1. The lowest BCUT2D eigenvalue weighted by Gasteiger charge is -2.41. The van der Waals surface area contributed by atoms with Gasteiger partial charge in [-0.3, -0.25) is 0 Å². The highest BCUT2D eigenvalue weighted by atomic mass is 16.5. The van der Waals surface area contributed by atoms with E-state index in [1.54, 1.807) is 0 Å². The van der Waals surface area contributed by atoms with Gasteiger partial charge in [-0.15, -0.1) is 0 Å². The van der Waals surface area contributed by atoms with Crippen molar-refractivity contribution in [3.8, 4) is 0 Å². The van der Waals surface area contributed by atoms with Crippen LogP contribution in [0.25, 0.3) is 0 Å². The maximum atomic E-state index is 6.06. The van der Waals surface area contributed by atoms with Gasteiger partial charge >= 0.3 is 0 Å². The Hall–Kier alpha value is -1.22. The summed E-state index contributed by atoms with van der Waals surface area (Å²) in [7, 11) is 0. The molecule has 3 heteroatoms. The molecule has 0 aromatic heterocycles. The lowest BCUT2D eigenvalue weighted by atomic mass is 10.1. The van der Waals surface area contributed by atoms with Crippen molar-refractivity contribution in [2.24, 2.45) is 0 Å². The topological polar surface area (TPSA) is 38.5 Å². The average molecular weight is 220 g/mol. The normalized spacial score (nSPS) is 25.8. The number of hydrogen-bond donors (Lipinski definition) is 1. The molecule has 1 heterocycles. The van der Waals surface area contributed by atoms with Gasteiger partial charge in [0.1, 0.15) is 0 Å². The second-order valence-electron chi connectivity index (χ2n) is 4.71.